The van der Waals surface area contributed by atoms with Crippen molar-refractivity contribution in [2.45, 2.75) is 408 Å². The molecule has 0 fully saturated rings. The van der Waals surface area contributed by atoms with E-state index in [0.29, 0.717) is 31.6 Å². The molecule has 0 saturated heterocycles. The molecule has 17 nitrogen and oxygen atoms in total. The highest BCUT2D eigenvalue weighted by Gasteiger charge is 2.30. The maximum atomic E-state index is 13.1. The highest BCUT2D eigenvalue weighted by atomic mass is 31.2. The number of rotatable bonds is 74. The van der Waals surface area contributed by atoms with E-state index in [9.17, 15) is 43.2 Å². The highest BCUT2D eigenvalue weighted by Crippen LogP contribution is 2.45. The number of unbranched alkanes of at least 4 members (excludes halogenated alkanes) is 38. The fourth-order valence-electron chi connectivity index (χ4n) is 11.7. The molecular formula is C77H150O17P2. The summed E-state index contributed by atoms with van der Waals surface area (Å²) in [5, 5.41) is 10.6. The van der Waals surface area contributed by atoms with Gasteiger partial charge in [-0.25, -0.2) is 9.13 Å². The van der Waals surface area contributed by atoms with Gasteiger partial charge in [0.15, 0.2) is 12.2 Å². The summed E-state index contributed by atoms with van der Waals surface area (Å²) in [4.78, 5) is 72.8. The molecule has 0 heterocycles. The largest absolute Gasteiger partial charge is 0.472 e. The molecule has 0 bridgehead atoms. The Balaban J connectivity index is 5.16. The van der Waals surface area contributed by atoms with Crippen molar-refractivity contribution in [1.82, 2.24) is 0 Å². The molecule has 0 spiro atoms. The Morgan fingerprint density at radius 1 is 0.292 bits per heavy atom. The van der Waals surface area contributed by atoms with Crippen molar-refractivity contribution in [3.05, 3.63) is 0 Å². The fraction of sp³-hybridized carbons (Fsp3) is 0.948. The topological polar surface area (TPSA) is 237 Å². The number of aliphatic hydroxyl groups is 1. The van der Waals surface area contributed by atoms with Crippen LogP contribution >= 0.6 is 15.6 Å². The van der Waals surface area contributed by atoms with Crippen molar-refractivity contribution < 1.29 is 80.2 Å². The van der Waals surface area contributed by atoms with Crippen LogP contribution in [0.4, 0.5) is 0 Å². The van der Waals surface area contributed by atoms with E-state index >= 15 is 0 Å². The first kappa shape index (κ1) is 94.1. The van der Waals surface area contributed by atoms with Gasteiger partial charge in [-0.3, -0.25) is 37.3 Å². The van der Waals surface area contributed by atoms with E-state index in [1.165, 1.54) is 186 Å². The third-order valence-corrected chi connectivity index (χ3v) is 20.4. The number of carbonyl (C=O) groups excluding carboxylic acids is 4. The summed E-state index contributed by atoms with van der Waals surface area (Å²) in [7, 11) is -9.91. The molecule has 0 radical (unpaired) electrons. The average Bonchev–Trinajstić information content (AvgIpc) is 1.60. The lowest BCUT2D eigenvalue weighted by molar-refractivity contribution is -0.161. The van der Waals surface area contributed by atoms with Gasteiger partial charge in [-0.2, -0.15) is 0 Å². The Kier molecular flexibility index (Phi) is 65.0. The number of carbonyl (C=O) groups is 4. The van der Waals surface area contributed by atoms with Gasteiger partial charge in [-0.1, -0.05) is 338 Å². The van der Waals surface area contributed by atoms with Crippen LogP contribution in [0.3, 0.4) is 0 Å². The average molecular weight is 1410 g/mol. The summed E-state index contributed by atoms with van der Waals surface area (Å²) in [5.74, 6) is 0.934. The predicted molar refractivity (Wildman–Crippen MR) is 391 cm³/mol. The first-order chi connectivity index (χ1) is 46.2. The van der Waals surface area contributed by atoms with Crippen LogP contribution < -0.4 is 0 Å². The molecule has 0 saturated carbocycles. The number of aliphatic hydroxyl groups excluding tert-OH is 1. The van der Waals surface area contributed by atoms with Crippen molar-refractivity contribution >= 4 is 39.5 Å². The maximum Gasteiger partial charge on any atom is 0.472 e. The molecule has 0 aliphatic heterocycles. The third-order valence-electron chi connectivity index (χ3n) is 18.5. The number of ether oxygens (including phenoxy) is 4. The molecule has 19 heteroatoms. The van der Waals surface area contributed by atoms with Gasteiger partial charge in [0.25, 0.3) is 0 Å². The smallest absolute Gasteiger partial charge is 0.462 e. The molecule has 0 amide bonds. The lowest BCUT2D eigenvalue weighted by Gasteiger charge is -2.21. The number of esters is 4. The molecule has 0 aliphatic carbocycles. The Morgan fingerprint density at radius 2 is 0.500 bits per heavy atom. The van der Waals surface area contributed by atoms with E-state index in [0.717, 1.165) is 114 Å². The minimum absolute atomic E-state index is 0.103. The van der Waals surface area contributed by atoms with Crippen LogP contribution in [-0.2, 0) is 65.4 Å². The summed E-state index contributed by atoms with van der Waals surface area (Å²) in [5.41, 5.74) is 0. The molecule has 7 atom stereocenters. The zero-order chi connectivity index (χ0) is 71.0. The summed E-state index contributed by atoms with van der Waals surface area (Å²) >= 11 is 0. The Morgan fingerprint density at radius 3 is 0.740 bits per heavy atom. The molecule has 0 aromatic rings. The maximum absolute atomic E-state index is 13.1. The Labute approximate surface area is 588 Å². The Bertz CT molecular complexity index is 1890. The summed E-state index contributed by atoms with van der Waals surface area (Å²) in [6, 6.07) is 0. The number of hydrogen-bond acceptors (Lipinski definition) is 15. The van der Waals surface area contributed by atoms with E-state index in [-0.39, 0.29) is 25.7 Å². The van der Waals surface area contributed by atoms with Gasteiger partial charge in [0.1, 0.15) is 19.3 Å². The first-order valence-electron chi connectivity index (χ1n) is 39.8. The molecule has 5 unspecified atom stereocenters. The Hall–Kier alpha value is -1.94. The van der Waals surface area contributed by atoms with E-state index in [1.54, 1.807) is 0 Å². The molecule has 0 aliphatic rings. The van der Waals surface area contributed by atoms with Gasteiger partial charge < -0.3 is 33.8 Å². The molecule has 0 aromatic heterocycles. The van der Waals surface area contributed by atoms with Crippen molar-refractivity contribution in [2.24, 2.45) is 23.7 Å². The zero-order valence-electron chi connectivity index (χ0n) is 63.0. The van der Waals surface area contributed by atoms with E-state index in [4.69, 9.17) is 37.0 Å². The molecule has 3 N–H and O–H groups in total. The van der Waals surface area contributed by atoms with E-state index < -0.39 is 97.5 Å². The number of hydrogen-bond donors (Lipinski definition) is 3. The second-order valence-electron chi connectivity index (χ2n) is 29.2. The van der Waals surface area contributed by atoms with Crippen LogP contribution in [0.15, 0.2) is 0 Å². The third kappa shape index (κ3) is 67.9. The molecule has 570 valence electrons. The van der Waals surface area contributed by atoms with Gasteiger partial charge in [-0.05, 0) is 49.4 Å². The summed E-state index contributed by atoms with van der Waals surface area (Å²) in [6.45, 7) is 14.2. The predicted octanol–water partition coefficient (Wildman–Crippen LogP) is 22.4. The van der Waals surface area contributed by atoms with Crippen LogP contribution in [0.2, 0.25) is 0 Å². The van der Waals surface area contributed by atoms with Crippen LogP contribution in [0.1, 0.15) is 389 Å². The molecular weight excluding hydrogens is 1260 g/mol. The molecule has 0 rings (SSSR count). The van der Waals surface area contributed by atoms with Crippen LogP contribution in [-0.4, -0.2) is 96.7 Å². The van der Waals surface area contributed by atoms with Gasteiger partial charge in [0.2, 0.25) is 0 Å². The van der Waals surface area contributed by atoms with Gasteiger partial charge in [0.05, 0.1) is 26.4 Å². The van der Waals surface area contributed by atoms with E-state index in [2.05, 4.69) is 55.4 Å². The van der Waals surface area contributed by atoms with Crippen molar-refractivity contribution in [1.29, 1.82) is 0 Å². The summed E-state index contributed by atoms with van der Waals surface area (Å²) in [6.07, 6.45) is 51.6. The summed E-state index contributed by atoms with van der Waals surface area (Å²) < 4.78 is 68.5. The zero-order valence-corrected chi connectivity index (χ0v) is 64.8. The van der Waals surface area contributed by atoms with Crippen molar-refractivity contribution in [2.75, 3.05) is 39.6 Å². The van der Waals surface area contributed by atoms with Crippen LogP contribution in [0.25, 0.3) is 0 Å². The fourth-order valence-corrected chi connectivity index (χ4v) is 13.2. The second-order valence-corrected chi connectivity index (χ2v) is 32.1. The standard InChI is InChI=1S/C77H150O17P2/c1-9-69(7)55-47-39-30-26-22-18-15-16-19-23-27-31-41-49-57-74(79)87-63-73(94-77(82)60-52-44-36-34-40-48-56-70(8)10-2)66-92-96(85,86)90-62-71(78)61-89-95(83,84)91-65-72(64-88-75(80)58-50-42-35-33-38-46-54-68(5)6)93-76(81)59-51-43-32-28-24-20-14-12-11-13-17-21-25-29-37-45-53-67(3)4/h67-73,78H,9-66H2,1-8H3,(H,83,84)(H,85,86)/t69?,70?,71?,72-,73-/m1/s1. The van der Waals surface area contributed by atoms with Crippen molar-refractivity contribution in [3.8, 4) is 0 Å². The van der Waals surface area contributed by atoms with Gasteiger partial charge in [0, 0.05) is 25.7 Å². The molecule has 96 heavy (non-hydrogen) atoms. The van der Waals surface area contributed by atoms with E-state index in [1.807, 2.05) is 0 Å². The minimum atomic E-state index is -4.96. The quantitative estimate of drug-likeness (QED) is 0.0222. The second kappa shape index (κ2) is 66.3. The highest BCUT2D eigenvalue weighted by molar-refractivity contribution is 7.47. The lowest BCUT2D eigenvalue weighted by atomic mass is 9.99. The first-order valence-corrected chi connectivity index (χ1v) is 42.8. The number of phosphoric ester groups is 2. The minimum Gasteiger partial charge on any atom is -0.462 e. The van der Waals surface area contributed by atoms with Gasteiger partial charge >= 0.3 is 39.5 Å². The normalized spacial score (nSPS) is 14.7. The monoisotopic (exact) mass is 1410 g/mol. The van der Waals surface area contributed by atoms with Crippen molar-refractivity contribution in [3.63, 3.8) is 0 Å². The lowest BCUT2D eigenvalue weighted by Crippen LogP contribution is -2.30. The van der Waals surface area contributed by atoms with Crippen LogP contribution in [0, 0.1) is 23.7 Å². The number of phosphoric acid groups is 2. The van der Waals surface area contributed by atoms with Crippen LogP contribution in [0.5, 0.6) is 0 Å². The molecule has 0 aromatic carbocycles. The SMILES string of the molecule is CCC(C)CCCCCCCCCCCCCCCCC(=O)OC[C@H](COP(=O)(O)OCC(O)COP(=O)(O)OC[C@@H](COC(=O)CCCCCCCCC(C)C)OC(=O)CCCCCCCCCCCCCCCCCCC(C)C)OC(=O)CCCCCCCCC(C)CC. The van der Waals surface area contributed by atoms with Gasteiger partial charge in [-0.15, -0.1) is 0 Å².